The fourth-order valence-electron chi connectivity index (χ4n) is 2.87. The molecule has 0 saturated heterocycles. The molecular weight excluding hydrogens is 348 g/mol. The van der Waals surface area contributed by atoms with Gasteiger partial charge in [0.15, 0.2) is 0 Å². The topological polar surface area (TPSA) is 62.1 Å². The quantitative estimate of drug-likeness (QED) is 0.514. The molecule has 0 aliphatic heterocycles. The van der Waals surface area contributed by atoms with Crippen LogP contribution in [-0.4, -0.2) is 13.0 Å². The molecule has 3 rings (SSSR count). The average molecular weight is 368 g/mol. The monoisotopic (exact) mass is 368 g/mol. The van der Waals surface area contributed by atoms with Gasteiger partial charge in [-0.05, 0) is 34.9 Å². The molecule has 0 radical (unpaired) electrons. The number of carbonyl (C=O) groups excluding carboxylic acids is 1. The number of nitriles is 1. The molecule has 1 amide bonds. The Labute approximate surface area is 164 Å². The minimum absolute atomic E-state index is 0.0435. The molecule has 0 atom stereocenters. The van der Waals surface area contributed by atoms with E-state index in [-0.39, 0.29) is 11.6 Å². The van der Waals surface area contributed by atoms with Crippen LogP contribution in [0.1, 0.15) is 22.7 Å². The molecule has 0 saturated carbocycles. The molecule has 0 aliphatic rings. The number of hydrogen-bond donors (Lipinski definition) is 1. The van der Waals surface area contributed by atoms with Gasteiger partial charge in [0, 0.05) is 0 Å². The molecule has 4 heteroatoms. The van der Waals surface area contributed by atoms with E-state index in [9.17, 15) is 10.1 Å². The predicted octanol–water partition coefficient (Wildman–Crippen LogP) is 4.51. The van der Waals surface area contributed by atoms with E-state index in [1.54, 1.807) is 37.5 Å². The molecule has 0 aromatic heterocycles. The maximum atomic E-state index is 12.8. The summed E-state index contributed by atoms with van der Waals surface area (Å²) in [4.78, 5) is 12.8. The Morgan fingerprint density at radius 2 is 1.46 bits per heavy atom. The summed E-state index contributed by atoms with van der Waals surface area (Å²) in [5.41, 5.74) is 2.69. The SMILES string of the molecule is COc1ccc(/C=C(\C#N)C(=O)NC(c2ccccc2)c2ccccc2)cc1. The van der Waals surface area contributed by atoms with Crippen LogP contribution < -0.4 is 10.1 Å². The van der Waals surface area contributed by atoms with E-state index in [4.69, 9.17) is 4.74 Å². The molecule has 3 aromatic rings. The first kappa shape index (κ1) is 18.9. The number of nitrogens with one attached hydrogen (secondary N) is 1. The lowest BCUT2D eigenvalue weighted by atomic mass is 9.98. The Balaban J connectivity index is 1.87. The summed E-state index contributed by atoms with van der Waals surface area (Å²) in [6.07, 6.45) is 1.57. The molecular formula is C24H20N2O2. The number of benzene rings is 3. The van der Waals surface area contributed by atoms with Gasteiger partial charge in [0.2, 0.25) is 0 Å². The second kappa shape index (κ2) is 9.20. The minimum atomic E-state index is -0.420. The van der Waals surface area contributed by atoms with E-state index >= 15 is 0 Å². The van der Waals surface area contributed by atoms with Gasteiger partial charge >= 0.3 is 0 Å². The van der Waals surface area contributed by atoms with Crippen LogP contribution in [0.5, 0.6) is 5.75 Å². The smallest absolute Gasteiger partial charge is 0.262 e. The summed E-state index contributed by atoms with van der Waals surface area (Å²) in [5.74, 6) is 0.296. The van der Waals surface area contributed by atoms with E-state index in [2.05, 4.69) is 5.32 Å². The van der Waals surface area contributed by atoms with Crippen molar-refractivity contribution in [2.45, 2.75) is 6.04 Å². The van der Waals surface area contributed by atoms with Crippen molar-refractivity contribution in [1.82, 2.24) is 5.32 Å². The van der Waals surface area contributed by atoms with Gasteiger partial charge in [-0.2, -0.15) is 5.26 Å². The maximum absolute atomic E-state index is 12.8. The standard InChI is InChI=1S/C24H20N2O2/c1-28-22-14-12-18(13-15-22)16-21(17-25)24(27)26-23(19-8-4-2-5-9-19)20-10-6-3-7-11-20/h2-16,23H,1H3,(H,26,27)/b21-16+. The van der Waals surface area contributed by atoms with Crippen molar-refractivity contribution in [1.29, 1.82) is 5.26 Å². The lowest BCUT2D eigenvalue weighted by Crippen LogP contribution is -2.30. The Bertz CT molecular complexity index is 949. The van der Waals surface area contributed by atoms with Crippen molar-refractivity contribution in [2.24, 2.45) is 0 Å². The second-order valence-corrected chi connectivity index (χ2v) is 6.17. The number of nitrogens with zero attached hydrogens (tertiary/aromatic N) is 1. The van der Waals surface area contributed by atoms with Crippen LogP contribution in [0.25, 0.3) is 6.08 Å². The van der Waals surface area contributed by atoms with E-state index in [1.807, 2.05) is 66.7 Å². The largest absolute Gasteiger partial charge is 0.497 e. The lowest BCUT2D eigenvalue weighted by molar-refractivity contribution is -0.117. The molecule has 0 bridgehead atoms. The van der Waals surface area contributed by atoms with Gasteiger partial charge in [-0.1, -0.05) is 72.8 Å². The molecule has 0 unspecified atom stereocenters. The zero-order valence-electron chi connectivity index (χ0n) is 15.5. The van der Waals surface area contributed by atoms with Crippen molar-refractivity contribution in [3.8, 4) is 11.8 Å². The van der Waals surface area contributed by atoms with E-state index in [0.29, 0.717) is 5.75 Å². The molecule has 0 aliphatic carbocycles. The summed E-state index contributed by atoms with van der Waals surface area (Å²) < 4.78 is 5.13. The predicted molar refractivity (Wildman–Crippen MR) is 109 cm³/mol. The highest BCUT2D eigenvalue weighted by atomic mass is 16.5. The number of hydrogen-bond acceptors (Lipinski definition) is 3. The summed E-state index contributed by atoms with van der Waals surface area (Å²) in [7, 11) is 1.59. The van der Waals surface area contributed by atoms with Gasteiger partial charge in [0.25, 0.3) is 5.91 Å². The highest BCUT2D eigenvalue weighted by Gasteiger charge is 2.19. The number of rotatable bonds is 6. The molecule has 0 heterocycles. The fraction of sp³-hybridized carbons (Fsp3) is 0.0833. The molecule has 28 heavy (non-hydrogen) atoms. The second-order valence-electron chi connectivity index (χ2n) is 6.17. The summed E-state index contributed by atoms with van der Waals surface area (Å²) in [6, 6.07) is 28.2. The summed E-state index contributed by atoms with van der Waals surface area (Å²) in [6.45, 7) is 0. The van der Waals surface area contributed by atoms with Crippen LogP contribution in [-0.2, 0) is 4.79 Å². The van der Waals surface area contributed by atoms with Crippen molar-refractivity contribution in [3.63, 3.8) is 0 Å². The zero-order valence-corrected chi connectivity index (χ0v) is 15.5. The van der Waals surface area contributed by atoms with Crippen molar-refractivity contribution >= 4 is 12.0 Å². The molecule has 0 fully saturated rings. The lowest BCUT2D eigenvalue weighted by Gasteiger charge is -2.19. The molecule has 3 aromatic carbocycles. The molecule has 1 N–H and O–H groups in total. The van der Waals surface area contributed by atoms with Crippen LogP contribution in [0.3, 0.4) is 0 Å². The number of carbonyl (C=O) groups is 1. The first-order valence-electron chi connectivity index (χ1n) is 8.88. The third-order valence-electron chi connectivity index (χ3n) is 4.33. The van der Waals surface area contributed by atoms with Gasteiger partial charge in [-0.15, -0.1) is 0 Å². The highest BCUT2D eigenvalue weighted by Crippen LogP contribution is 2.22. The zero-order chi connectivity index (χ0) is 19.8. The van der Waals surface area contributed by atoms with Crippen molar-refractivity contribution in [2.75, 3.05) is 7.11 Å². The van der Waals surface area contributed by atoms with Crippen molar-refractivity contribution in [3.05, 3.63) is 107 Å². The first-order valence-corrected chi connectivity index (χ1v) is 8.88. The highest BCUT2D eigenvalue weighted by molar-refractivity contribution is 6.02. The normalized spacial score (nSPS) is 11.0. The Kier molecular flexibility index (Phi) is 6.22. The molecule has 0 spiro atoms. The van der Waals surface area contributed by atoms with Crippen LogP contribution in [0.4, 0.5) is 0 Å². The van der Waals surface area contributed by atoms with E-state index in [1.165, 1.54) is 0 Å². The molecule has 4 nitrogen and oxygen atoms in total. The van der Waals surface area contributed by atoms with Gasteiger partial charge < -0.3 is 10.1 Å². The maximum Gasteiger partial charge on any atom is 0.262 e. The number of amides is 1. The van der Waals surface area contributed by atoms with Gasteiger partial charge in [0.05, 0.1) is 13.2 Å². The third-order valence-corrected chi connectivity index (χ3v) is 4.33. The Hall–Kier alpha value is -3.84. The van der Waals surface area contributed by atoms with Gasteiger partial charge in [-0.3, -0.25) is 4.79 Å². The van der Waals surface area contributed by atoms with Crippen LogP contribution in [0, 0.1) is 11.3 Å². The van der Waals surface area contributed by atoms with Crippen LogP contribution >= 0.6 is 0 Å². The first-order chi connectivity index (χ1) is 13.7. The Morgan fingerprint density at radius 3 is 1.93 bits per heavy atom. The Morgan fingerprint density at radius 1 is 0.929 bits per heavy atom. The van der Waals surface area contributed by atoms with Crippen LogP contribution in [0.2, 0.25) is 0 Å². The summed E-state index contributed by atoms with van der Waals surface area (Å²) >= 11 is 0. The average Bonchev–Trinajstić information content (AvgIpc) is 2.77. The molecule has 138 valence electrons. The van der Waals surface area contributed by atoms with Gasteiger partial charge in [-0.25, -0.2) is 0 Å². The summed E-state index contributed by atoms with van der Waals surface area (Å²) in [5, 5.41) is 12.5. The fourth-order valence-corrected chi connectivity index (χ4v) is 2.87. The third kappa shape index (κ3) is 4.66. The number of methoxy groups -OCH3 is 1. The number of ether oxygens (including phenoxy) is 1. The van der Waals surface area contributed by atoms with Gasteiger partial charge in [0.1, 0.15) is 17.4 Å². The van der Waals surface area contributed by atoms with E-state index in [0.717, 1.165) is 16.7 Å². The minimum Gasteiger partial charge on any atom is -0.497 e. The van der Waals surface area contributed by atoms with E-state index < -0.39 is 5.91 Å². The van der Waals surface area contributed by atoms with Crippen molar-refractivity contribution < 1.29 is 9.53 Å². The van der Waals surface area contributed by atoms with Crippen LogP contribution in [0.15, 0.2) is 90.5 Å².